The molecule has 1 aliphatic rings. The number of hydrazine groups is 1. The zero-order valence-corrected chi connectivity index (χ0v) is 12.2. The van der Waals surface area contributed by atoms with Crippen LogP contribution in [0.3, 0.4) is 0 Å². The maximum Gasteiger partial charge on any atom is 0.291 e. The van der Waals surface area contributed by atoms with E-state index in [4.69, 9.17) is 5.84 Å². The summed E-state index contributed by atoms with van der Waals surface area (Å²) in [5, 5.41) is 11.0. The lowest BCUT2D eigenvalue weighted by molar-refractivity contribution is -0.387. The van der Waals surface area contributed by atoms with Crippen LogP contribution in [0.4, 0.5) is 11.4 Å². The predicted molar refractivity (Wildman–Crippen MR) is 78.1 cm³/mol. The summed E-state index contributed by atoms with van der Waals surface area (Å²) in [5.41, 5.74) is 2.03. The molecule has 0 unspecified atom stereocenters. The number of sulfonamides is 1. The number of rotatable bonds is 7. The number of nitrogens with two attached hydrogens (primary N) is 1. The SMILES string of the molecule is NNc1ccc(S(=O)(=O)NCCC2CCC2)c([N+](=O)[O-])c1. The van der Waals surface area contributed by atoms with Gasteiger partial charge in [-0.1, -0.05) is 19.3 Å². The van der Waals surface area contributed by atoms with E-state index in [1.807, 2.05) is 0 Å². The van der Waals surface area contributed by atoms with Gasteiger partial charge in [0, 0.05) is 12.6 Å². The van der Waals surface area contributed by atoms with Gasteiger partial charge in [-0.3, -0.25) is 16.0 Å². The Balaban J connectivity index is 2.15. The van der Waals surface area contributed by atoms with Crippen molar-refractivity contribution in [2.45, 2.75) is 30.6 Å². The summed E-state index contributed by atoms with van der Waals surface area (Å²) in [6.07, 6.45) is 4.20. The molecule has 1 aromatic rings. The second-order valence-electron chi connectivity index (χ2n) is 5.07. The molecule has 1 aromatic carbocycles. The van der Waals surface area contributed by atoms with Gasteiger partial charge in [-0.15, -0.1) is 0 Å². The standard InChI is InChI=1S/C12H18N4O4S/c13-15-10-4-5-12(11(8-10)16(17)18)21(19,20)14-7-6-9-2-1-3-9/h4-5,8-9,14-15H,1-3,6-7,13H2. The predicted octanol–water partition coefficient (Wildman–Crippen LogP) is 1.35. The molecule has 9 heteroatoms. The van der Waals surface area contributed by atoms with Gasteiger partial charge in [-0.2, -0.15) is 0 Å². The number of anilines is 1. The Morgan fingerprint density at radius 1 is 1.38 bits per heavy atom. The fourth-order valence-corrected chi connectivity index (χ4v) is 3.43. The number of nitro groups is 1. The summed E-state index contributed by atoms with van der Waals surface area (Å²) in [5.74, 6) is 5.74. The van der Waals surface area contributed by atoms with Crippen molar-refractivity contribution in [2.24, 2.45) is 11.8 Å². The van der Waals surface area contributed by atoms with Gasteiger partial charge >= 0.3 is 0 Å². The van der Waals surface area contributed by atoms with Crippen molar-refractivity contribution in [3.8, 4) is 0 Å². The molecule has 1 fully saturated rings. The molecule has 0 bridgehead atoms. The van der Waals surface area contributed by atoms with Crippen molar-refractivity contribution >= 4 is 21.4 Å². The number of nitrogen functional groups attached to an aromatic ring is 1. The normalized spacial score (nSPS) is 15.5. The van der Waals surface area contributed by atoms with Crippen molar-refractivity contribution in [3.63, 3.8) is 0 Å². The van der Waals surface area contributed by atoms with Gasteiger partial charge in [-0.05, 0) is 24.5 Å². The number of hydrogen-bond acceptors (Lipinski definition) is 6. The molecule has 0 spiro atoms. The summed E-state index contributed by atoms with van der Waals surface area (Å²) in [6.45, 7) is 0.293. The fraction of sp³-hybridized carbons (Fsp3) is 0.500. The summed E-state index contributed by atoms with van der Waals surface area (Å²) in [4.78, 5) is 9.94. The highest BCUT2D eigenvalue weighted by Gasteiger charge is 2.26. The van der Waals surface area contributed by atoms with Crippen LogP contribution in [0, 0.1) is 16.0 Å². The van der Waals surface area contributed by atoms with E-state index in [1.165, 1.54) is 18.6 Å². The molecule has 0 heterocycles. The summed E-state index contributed by atoms with van der Waals surface area (Å²) < 4.78 is 26.8. The van der Waals surface area contributed by atoms with Gasteiger partial charge < -0.3 is 5.43 Å². The topological polar surface area (TPSA) is 127 Å². The van der Waals surface area contributed by atoms with Crippen LogP contribution in [0.1, 0.15) is 25.7 Å². The van der Waals surface area contributed by atoms with E-state index in [-0.39, 0.29) is 10.6 Å². The molecule has 8 nitrogen and oxygen atoms in total. The van der Waals surface area contributed by atoms with E-state index in [0.717, 1.165) is 25.3 Å². The molecule has 0 amide bonds. The lowest BCUT2D eigenvalue weighted by Gasteiger charge is -2.25. The number of nitro benzene ring substituents is 1. The van der Waals surface area contributed by atoms with Crippen molar-refractivity contribution in [2.75, 3.05) is 12.0 Å². The number of nitrogens with zero attached hydrogens (tertiary/aromatic N) is 1. The Kier molecular flexibility index (Phi) is 4.76. The Morgan fingerprint density at radius 3 is 2.62 bits per heavy atom. The zero-order chi connectivity index (χ0) is 15.5. The van der Waals surface area contributed by atoms with Crippen LogP contribution < -0.4 is 16.0 Å². The van der Waals surface area contributed by atoms with E-state index in [9.17, 15) is 18.5 Å². The minimum absolute atomic E-state index is 0.273. The Labute approximate surface area is 122 Å². The van der Waals surface area contributed by atoms with Crippen LogP contribution in [0.5, 0.6) is 0 Å². The molecule has 1 saturated carbocycles. The minimum atomic E-state index is -3.90. The third-order valence-electron chi connectivity index (χ3n) is 3.68. The summed E-state index contributed by atoms with van der Waals surface area (Å²) >= 11 is 0. The molecule has 21 heavy (non-hydrogen) atoms. The molecule has 0 radical (unpaired) electrons. The number of benzene rings is 1. The largest absolute Gasteiger partial charge is 0.324 e. The lowest BCUT2D eigenvalue weighted by Crippen LogP contribution is -2.28. The molecule has 4 N–H and O–H groups in total. The van der Waals surface area contributed by atoms with Crippen molar-refractivity contribution in [1.29, 1.82) is 0 Å². The molecule has 116 valence electrons. The lowest BCUT2D eigenvalue weighted by atomic mass is 9.83. The Bertz CT molecular complexity index is 628. The smallest absolute Gasteiger partial charge is 0.291 e. The highest BCUT2D eigenvalue weighted by molar-refractivity contribution is 7.89. The van der Waals surface area contributed by atoms with Crippen LogP contribution in [-0.2, 0) is 10.0 Å². The van der Waals surface area contributed by atoms with Gasteiger partial charge in [0.05, 0.1) is 10.6 Å². The van der Waals surface area contributed by atoms with Crippen LogP contribution in [0.15, 0.2) is 23.1 Å². The van der Waals surface area contributed by atoms with Gasteiger partial charge in [0.2, 0.25) is 10.0 Å². The first kappa shape index (κ1) is 15.7. The Hall–Kier alpha value is -1.71. The molecule has 0 aromatic heterocycles. The Morgan fingerprint density at radius 2 is 2.10 bits per heavy atom. The molecule has 0 saturated heterocycles. The third-order valence-corrected chi connectivity index (χ3v) is 5.19. The number of hydrogen-bond donors (Lipinski definition) is 3. The van der Waals surface area contributed by atoms with Crippen LogP contribution in [-0.4, -0.2) is 19.9 Å². The summed E-state index contributed by atoms with van der Waals surface area (Å²) in [7, 11) is -3.90. The van der Waals surface area contributed by atoms with E-state index < -0.39 is 20.6 Å². The van der Waals surface area contributed by atoms with Crippen LogP contribution in [0.25, 0.3) is 0 Å². The first-order valence-corrected chi connectivity index (χ1v) is 8.17. The quantitative estimate of drug-likeness (QED) is 0.396. The molecule has 1 aliphatic carbocycles. The van der Waals surface area contributed by atoms with Crippen LogP contribution in [0.2, 0.25) is 0 Å². The molecule has 0 atom stereocenters. The first-order valence-electron chi connectivity index (χ1n) is 6.69. The van der Waals surface area contributed by atoms with E-state index in [1.54, 1.807) is 0 Å². The van der Waals surface area contributed by atoms with Gasteiger partial charge in [-0.25, -0.2) is 13.1 Å². The molecule has 2 rings (SSSR count). The van der Waals surface area contributed by atoms with E-state index in [0.29, 0.717) is 12.5 Å². The molecular formula is C12H18N4O4S. The maximum atomic E-state index is 12.2. The van der Waals surface area contributed by atoms with Gasteiger partial charge in [0.1, 0.15) is 0 Å². The minimum Gasteiger partial charge on any atom is -0.324 e. The summed E-state index contributed by atoms with van der Waals surface area (Å²) in [6, 6.07) is 3.66. The van der Waals surface area contributed by atoms with Gasteiger partial charge in [0.15, 0.2) is 4.90 Å². The monoisotopic (exact) mass is 314 g/mol. The average Bonchev–Trinajstić information content (AvgIpc) is 2.40. The average molecular weight is 314 g/mol. The highest BCUT2D eigenvalue weighted by atomic mass is 32.2. The second-order valence-corrected chi connectivity index (χ2v) is 6.80. The molecular weight excluding hydrogens is 296 g/mol. The van der Waals surface area contributed by atoms with Crippen molar-refractivity contribution in [3.05, 3.63) is 28.3 Å². The maximum absolute atomic E-state index is 12.2. The highest BCUT2D eigenvalue weighted by Crippen LogP contribution is 2.30. The zero-order valence-electron chi connectivity index (χ0n) is 11.4. The first-order chi connectivity index (χ1) is 9.94. The van der Waals surface area contributed by atoms with Gasteiger partial charge in [0.25, 0.3) is 5.69 Å². The molecule has 0 aliphatic heterocycles. The van der Waals surface area contributed by atoms with E-state index in [2.05, 4.69) is 10.1 Å². The van der Waals surface area contributed by atoms with Crippen LogP contribution >= 0.6 is 0 Å². The fourth-order valence-electron chi connectivity index (χ4n) is 2.23. The number of nitrogens with one attached hydrogen (secondary N) is 2. The second kappa shape index (κ2) is 6.37. The van der Waals surface area contributed by atoms with Crippen molar-refractivity contribution in [1.82, 2.24) is 4.72 Å². The van der Waals surface area contributed by atoms with E-state index >= 15 is 0 Å². The van der Waals surface area contributed by atoms with Crippen molar-refractivity contribution < 1.29 is 13.3 Å². The third kappa shape index (κ3) is 3.69.